The molecule has 3 heterocycles. The van der Waals surface area contributed by atoms with Crippen molar-refractivity contribution in [2.45, 2.75) is 25.9 Å². The Labute approximate surface area is 174 Å². The predicted octanol–water partition coefficient (Wildman–Crippen LogP) is 4.72. The fourth-order valence-corrected chi connectivity index (χ4v) is 4.82. The van der Waals surface area contributed by atoms with Crippen molar-refractivity contribution in [3.63, 3.8) is 0 Å². The molecule has 0 saturated heterocycles. The number of aromatic hydroxyl groups is 1. The first kappa shape index (κ1) is 18.3. The molecule has 2 N–H and O–H groups in total. The van der Waals surface area contributed by atoms with Gasteiger partial charge in [-0.3, -0.25) is 9.58 Å². The van der Waals surface area contributed by atoms with E-state index in [1.807, 2.05) is 26.1 Å². The highest BCUT2D eigenvalue weighted by molar-refractivity contribution is 6.30. The minimum Gasteiger partial charge on any atom is -0.508 e. The van der Waals surface area contributed by atoms with Crippen molar-refractivity contribution in [1.29, 1.82) is 0 Å². The van der Waals surface area contributed by atoms with Crippen molar-refractivity contribution in [3.05, 3.63) is 81.8 Å². The van der Waals surface area contributed by atoms with Crippen LogP contribution in [0.4, 0.5) is 0 Å². The molecule has 148 valence electrons. The van der Waals surface area contributed by atoms with Crippen LogP contribution in [0, 0.1) is 6.92 Å². The Hall–Kier alpha value is -2.76. The van der Waals surface area contributed by atoms with Gasteiger partial charge in [0.15, 0.2) is 0 Å². The van der Waals surface area contributed by atoms with E-state index < -0.39 is 0 Å². The van der Waals surface area contributed by atoms with Gasteiger partial charge in [0.2, 0.25) is 0 Å². The quantitative estimate of drug-likeness (QED) is 0.517. The summed E-state index contributed by atoms with van der Waals surface area (Å²) in [5.41, 5.74) is 6.78. The van der Waals surface area contributed by atoms with Crippen molar-refractivity contribution >= 4 is 22.5 Å². The standard InChI is InChI=1S/C23H23ClN4O/c1-14-19(23(24)27(2)26-14)13-28-11-10-18-17-8-3-4-9-20(17)25-21(18)22(28)15-6-5-7-16(29)12-15/h3-9,12,22,25,29H,10-11,13H2,1-2H3/t22-/m1/s1. The molecule has 0 aliphatic carbocycles. The molecule has 2 aromatic heterocycles. The summed E-state index contributed by atoms with van der Waals surface area (Å²) < 4.78 is 1.73. The Morgan fingerprint density at radius 3 is 2.79 bits per heavy atom. The summed E-state index contributed by atoms with van der Waals surface area (Å²) in [4.78, 5) is 6.08. The van der Waals surface area contributed by atoms with Crippen LogP contribution >= 0.6 is 11.6 Å². The molecule has 0 saturated carbocycles. The summed E-state index contributed by atoms with van der Waals surface area (Å²) >= 11 is 6.54. The number of aryl methyl sites for hydroxylation is 2. The summed E-state index contributed by atoms with van der Waals surface area (Å²) in [7, 11) is 1.87. The molecule has 0 unspecified atom stereocenters. The van der Waals surface area contributed by atoms with Gasteiger partial charge >= 0.3 is 0 Å². The van der Waals surface area contributed by atoms with E-state index in [2.05, 4.69) is 45.3 Å². The number of phenols is 1. The molecule has 5 nitrogen and oxygen atoms in total. The maximum Gasteiger partial charge on any atom is 0.131 e. The van der Waals surface area contributed by atoms with Gasteiger partial charge in [-0.1, -0.05) is 41.9 Å². The van der Waals surface area contributed by atoms with Gasteiger partial charge in [-0.2, -0.15) is 5.10 Å². The van der Waals surface area contributed by atoms with Crippen molar-refractivity contribution in [3.8, 4) is 5.75 Å². The third-order valence-corrected chi connectivity index (χ3v) is 6.42. The number of hydrogen-bond donors (Lipinski definition) is 2. The van der Waals surface area contributed by atoms with Crippen LogP contribution in [0.3, 0.4) is 0 Å². The number of para-hydroxylation sites is 1. The largest absolute Gasteiger partial charge is 0.508 e. The smallest absolute Gasteiger partial charge is 0.131 e. The van der Waals surface area contributed by atoms with E-state index in [0.717, 1.165) is 35.3 Å². The number of halogens is 1. The van der Waals surface area contributed by atoms with Crippen molar-refractivity contribution in [2.24, 2.45) is 7.05 Å². The summed E-state index contributed by atoms with van der Waals surface area (Å²) in [5.74, 6) is 0.279. The molecule has 29 heavy (non-hydrogen) atoms. The Kier molecular flexibility index (Phi) is 4.37. The zero-order chi connectivity index (χ0) is 20.1. The number of hydrogen-bond acceptors (Lipinski definition) is 3. The molecule has 4 aromatic rings. The molecule has 1 aliphatic rings. The monoisotopic (exact) mass is 406 g/mol. The molecular formula is C23H23ClN4O. The van der Waals surface area contributed by atoms with Gasteiger partial charge in [-0.15, -0.1) is 0 Å². The van der Waals surface area contributed by atoms with Gasteiger partial charge in [0.1, 0.15) is 10.9 Å². The van der Waals surface area contributed by atoms with Crippen molar-refractivity contribution in [1.82, 2.24) is 19.7 Å². The number of nitrogens with one attached hydrogen (secondary N) is 1. The van der Waals surface area contributed by atoms with Crippen LogP contribution in [0.1, 0.15) is 34.1 Å². The van der Waals surface area contributed by atoms with Gasteiger partial charge in [-0.05, 0) is 42.7 Å². The third-order valence-electron chi connectivity index (χ3n) is 5.95. The highest BCUT2D eigenvalue weighted by Gasteiger charge is 2.32. The van der Waals surface area contributed by atoms with E-state index >= 15 is 0 Å². The molecule has 1 aliphatic heterocycles. The van der Waals surface area contributed by atoms with E-state index in [9.17, 15) is 5.11 Å². The lowest BCUT2D eigenvalue weighted by molar-refractivity contribution is 0.201. The van der Waals surface area contributed by atoms with Crippen LogP contribution < -0.4 is 0 Å². The zero-order valence-corrected chi connectivity index (χ0v) is 17.2. The van der Waals surface area contributed by atoms with Gasteiger partial charge < -0.3 is 10.1 Å². The summed E-state index contributed by atoms with van der Waals surface area (Å²) in [5, 5.41) is 16.6. The first-order chi connectivity index (χ1) is 14.0. The molecule has 1 atom stereocenters. The molecule has 6 heteroatoms. The molecule has 5 rings (SSSR count). The van der Waals surface area contributed by atoms with Crippen LogP contribution in [0.15, 0.2) is 48.5 Å². The number of rotatable bonds is 3. The Morgan fingerprint density at radius 2 is 2.03 bits per heavy atom. The maximum absolute atomic E-state index is 10.1. The lowest BCUT2D eigenvalue weighted by atomic mass is 9.92. The van der Waals surface area contributed by atoms with Crippen LogP contribution in [0.5, 0.6) is 5.75 Å². The topological polar surface area (TPSA) is 57.1 Å². The van der Waals surface area contributed by atoms with E-state index in [0.29, 0.717) is 11.7 Å². The number of phenolic OH excluding ortho intramolecular Hbond substituents is 1. The number of benzene rings is 2. The second-order valence-electron chi connectivity index (χ2n) is 7.76. The van der Waals surface area contributed by atoms with E-state index in [1.54, 1.807) is 10.7 Å². The lowest BCUT2D eigenvalue weighted by Gasteiger charge is -2.36. The minimum absolute atomic E-state index is 0.00826. The fraction of sp³-hybridized carbons (Fsp3) is 0.261. The predicted molar refractivity (Wildman–Crippen MR) is 115 cm³/mol. The van der Waals surface area contributed by atoms with Gasteiger partial charge in [0.25, 0.3) is 0 Å². The number of aromatic nitrogens is 3. The summed E-state index contributed by atoms with van der Waals surface area (Å²) in [6, 6.07) is 16.0. The zero-order valence-electron chi connectivity index (χ0n) is 16.5. The first-order valence-electron chi connectivity index (χ1n) is 9.83. The molecule has 2 aromatic carbocycles. The number of fused-ring (bicyclic) bond motifs is 3. The fourth-order valence-electron chi connectivity index (χ4n) is 4.59. The van der Waals surface area contributed by atoms with Crippen LogP contribution in [-0.2, 0) is 20.0 Å². The summed E-state index contributed by atoms with van der Waals surface area (Å²) in [6.45, 7) is 3.61. The summed E-state index contributed by atoms with van der Waals surface area (Å²) in [6.07, 6.45) is 0.964. The number of nitrogens with zero attached hydrogens (tertiary/aromatic N) is 3. The Morgan fingerprint density at radius 1 is 1.21 bits per heavy atom. The third kappa shape index (κ3) is 3.02. The second kappa shape index (κ2) is 6.94. The Balaban J connectivity index is 1.65. The number of H-pyrrole nitrogens is 1. The lowest BCUT2D eigenvalue weighted by Crippen LogP contribution is -2.35. The highest BCUT2D eigenvalue weighted by atomic mass is 35.5. The van der Waals surface area contributed by atoms with Crippen LogP contribution in [0.2, 0.25) is 5.15 Å². The second-order valence-corrected chi connectivity index (χ2v) is 8.12. The van der Waals surface area contributed by atoms with Gasteiger partial charge in [0.05, 0.1) is 11.7 Å². The van der Waals surface area contributed by atoms with E-state index in [4.69, 9.17) is 11.6 Å². The molecule has 0 bridgehead atoms. The normalized spacial score (nSPS) is 17.0. The van der Waals surface area contributed by atoms with E-state index in [1.165, 1.54) is 16.6 Å². The van der Waals surface area contributed by atoms with Gasteiger partial charge in [0, 0.05) is 42.3 Å². The van der Waals surface area contributed by atoms with Crippen LogP contribution in [0.25, 0.3) is 10.9 Å². The van der Waals surface area contributed by atoms with Crippen molar-refractivity contribution < 1.29 is 5.11 Å². The first-order valence-corrected chi connectivity index (χ1v) is 10.2. The molecule has 0 amide bonds. The number of aromatic amines is 1. The minimum atomic E-state index is 0.00826. The van der Waals surface area contributed by atoms with Crippen LogP contribution in [-0.4, -0.2) is 31.3 Å². The molecule has 0 radical (unpaired) electrons. The van der Waals surface area contributed by atoms with Gasteiger partial charge in [-0.25, -0.2) is 0 Å². The van der Waals surface area contributed by atoms with E-state index in [-0.39, 0.29) is 11.8 Å². The highest BCUT2D eigenvalue weighted by Crippen LogP contribution is 2.40. The Bertz CT molecular complexity index is 1210. The molecular weight excluding hydrogens is 384 g/mol. The molecule has 0 fully saturated rings. The SMILES string of the molecule is Cc1nn(C)c(Cl)c1CN1CCc2c([nH]c3ccccc23)[C@H]1c1cccc(O)c1. The molecule has 0 spiro atoms. The average Bonchev–Trinajstić information content (AvgIpc) is 3.20. The maximum atomic E-state index is 10.1. The van der Waals surface area contributed by atoms with Crippen molar-refractivity contribution in [2.75, 3.05) is 6.54 Å². The average molecular weight is 407 g/mol.